The van der Waals surface area contributed by atoms with Crippen LogP contribution in [0.25, 0.3) is 6.08 Å². The Morgan fingerprint density at radius 1 is 0.966 bits per heavy atom. The Labute approximate surface area is 170 Å². The van der Waals surface area contributed by atoms with Crippen LogP contribution < -0.4 is 4.74 Å². The number of esters is 1. The third-order valence-corrected chi connectivity index (χ3v) is 5.40. The molecule has 1 heterocycles. The van der Waals surface area contributed by atoms with Crippen LogP contribution in [0.3, 0.4) is 0 Å². The van der Waals surface area contributed by atoms with Crippen LogP contribution in [0.2, 0.25) is 0 Å². The highest BCUT2D eigenvalue weighted by Gasteiger charge is 2.26. The third-order valence-electron chi connectivity index (χ3n) is 4.30. The molecule has 1 aliphatic rings. The summed E-state index contributed by atoms with van der Waals surface area (Å²) in [6.45, 7) is 0. The van der Waals surface area contributed by atoms with Gasteiger partial charge in [0.05, 0.1) is 9.83 Å². The topological polar surface area (TPSA) is 86.5 Å². The fourth-order valence-corrected chi connectivity index (χ4v) is 3.97. The summed E-state index contributed by atoms with van der Waals surface area (Å²) in [6.07, 6.45) is 1.66. The van der Waals surface area contributed by atoms with Crippen LogP contribution in [0.15, 0.2) is 82.6 Å². The number of nitro groups is 1. The van der Waals surface area contributed by atoms with Gasteiger partial charge in [0.15, 0.2) is 0 Å². The van der Waals surface area contributed by atoms with Crippen LogP contribution >= 0.6 is 11.8 Å². The average molecular weight is 403 g/mol. The molecule has 3 aromatic rings. The predicted octanol–water partition coefficient (Wildman–Crippen LogP) is 5.14. The number of para-hydroxylation sites is 2. The zero-order valence-corrected chi connectivity index (χ0v) is 15.7. The van der Waals surface area contributed by atoms with Gasteiger partial charge in [-0.25, -0.2) is 4.79 Å². The molecule has 6 nitrogen and oxygen atoms in total. The number of ketones is 1. The first kappa shape index (κ1) is 18.6. The highest BCUT2D eigenvalue weighted by Crippen LogP contribution is 2.41. The van der Waals surface area contributed by atoms with Crippen molar-refractivity contribution in [3.63, 3.8) is 0 Å². The largest absolute Gasteiger partial charge is 0.422 e. The van der Waals surface area contributed by atoms with Gasteiger partial charge in [0.1, 0.15) is 11.3 Å². The van der Waals surface area contributed by atoms with Crippen LogP contribution in [0, 0.1) is 10.1 Å². The molecule has 0 unspecified atom stereocenters. The summed E-state index contributed by atoms with van der Waals surface area (Å²) in [5, 5.41) is 11.2. The summed E-state index contributed by atoms with van der Waals surface area (Å²) in [7, 11) is 0. The van der Waals surface area contributed by atoms with Crippen molar-refractivity contribution in [2.45, 2.75) is 4.90 Å². The lowest BCUT2D eigenvalue weighted by Gasteiger charge is -2.08. The van der Waals surface area contributed by atoms with Gasteiger partial charge in [-0.05, 0) is 30.3 Å². The van der Waals surface area contributed by atoms with Crippen molar-refractivity contribution in [2.24, 2.45) is 0 Å². The molecule has 0 bridgehead atoms. The molecule has 142 valence electrons. The molecule has 7 heteroatoms. The van der Waals surface area contributed by atoms with Crippen LogP contribution in [0.4, 0.5) is 5.69 Å². The second-order valence-electron chi connectivity index (χ2n) is 6.14. The molecule has 0 aliphatic carbocycles. The molecule has 0 spiro atoms. The van der Waals surface area contributed by atoms with E-state index >= 15 is 0 Å². The lowest BCUT2D eigenvalue weighted by atomic mass is 10.1. The predicted molar refractivity (Wildman–Crippen MR) is 109 cm³/mol. The van der Waals surface area contributed by atoms with E-state index in [1.165, 1.54) is 36.0 Å². The normalized spacial score (nSPS) is 13.9. The first-order chi connectivity index (χ1) is 14.0. The number of hydrogen-bond acceptors (Lipinski definition) is 6. The first-order valence-corrected chi connectivity index (χ1v) is 9.44. The molecule has 0 fully saturated rings. The molecule has 0 radical (unpaired) electrons. The Morgan fingerprint density at radius 3 is 2.45 bits per heavy atom. The van der Waals surface area contributed by atoms with E-state index in [1.54, 1.807) is 36.4 Å². The number of fused-ring (bicyclic) bond motifs is 1. The number of nitrogens with zero attached hydrogens (tertiary/aromatic N) is 1. The van der Waals surface area contributed by atoms with Crippen LogP contribution in [-0.4, -0.2) is 16.7 Å². The summed E-state index contributed by atoms with van der Waals surface area (Å²) >= 11 is 1.35. The van der Waals surface area contributed by atoms with Gasteiger partial charge in [-0.15, -0.1) is 0 Å². The van der Waals surface area contributed by atoms with E-state index in [-0.39, 0.29) is 22.8 Å². The third kappa shape index (κ3) is 3.68. The molecule has 0 amide bonds. The van der Waals surface area contributed by atoms with Crippen molar-refractivity contribution in [3.8, 4) is 5.75 Å². The summed E-state index contributed by atoms with van der Waals surface area (Å²) in [6, 6.07) is 19.6. The fraction of sp³-hybridized carbons (Fsp3) is 0. The van der Waals surface area contributed by atoms with Gasteiger partial charge in [0.25, 0.3) is 5.69 Å². The van der Waals surface area contributed by atoms with Crippen molar-refractivity contribution >= 4 is 35.3 Å². The van der Waals surface area contributed by atoms with Crippen molar-refractivity contribution in [3.05, 3.63) is 105 Å². The Hall–Kier alpha value is -3.71. The number of Topliss-reactive ketones (excluding diaryl/α,β-unsaturated/α-hetero) is 1. The van der Waals surface area contributed by atoms with E-state index in [0.29, 0.717) is 16.0 Å². The minimum Gasteiger partial charge on any atom is -0.422 e. The number of hydrogen-bond donors (Lipinski definition) is 0. The lowest BCUT2D eigenvalue weighted by molar-refractivity contribution is -0.385. The Kier molecular flexibility index (Phi) is 4.97. The highest BCUT2D eigenvalue weighted by molar-refractivity contribution is 8.04. The lowest BCUT2D eigenvalue weighted by Crippen LogP contribution is -2.11. The molecule has 0 atom stereocenters. The number of nitro benzene ring substituents is 1. The first-order valence-electron chi connectivity index (χ1n) is 8.62. The monoisotopic (exact) mass is 403 g/mol. The van der Waals surface area contributed by atoms with Gasteiger partial charge in [0, 0.05) is 22.1 Å². The summed E-state index contributed by atoms with van der Waals surface area (Å²) < 4.78 is 5.44. The maximum absolute atomic E-state index is 12.6. The number of thioether (sulfide) groups is 1. The van der Waals surface area contributed by atoms with E-state index in [2.05, 4.69) is 0 Å². The van der Waals surface area contributed by atoms with Crippen molar-refractivity contribution in [1.29, 1.82) is 0 Å². The molecule has 0 aromatic heterocycles. The van der Waals surface area contributed by atoms with Gasteiger partial charge >= 0.3 is 5.97 Å². The SMILES string of the molecule is O=C1/C(=C/c2ccccc2OC(=O)c2ccccc2[N+](=O)[O-])Sc2ccccc21. The molecule has 3 aromatic carbocycles. The molecule has 0 N–H and O–H groups in total. The maximum Gasteiger partial charge on any atom is 0.350 e. The fourth-order valence-electron chi connectivity index (χ4n) is 2.93. The second-order valence-corrected chi connectivity index (χ2v) is 7.22. The molecular formula is C22H13NO5S. The second kappa shape index (κ2) is 7.73. The van der Waals surface area contributed by atoms with Crippen LogP contribution in [0.5, 0.6) is 5.75 Å². The summed E-state index contributed by atoms with van der Waals surface area (Å²) in [4.78, 5) is 37.1. The standard InChI is InChI=1S/C22H13NO5S/c24-21-16-9-3-6-12-19(16)29-20(21)13-14-7-1-5-11-18(14)28-22(25)15-8-2-4-10-17(15)23(26)27/h1-13H/b20-13-. The molecule has 1 aliphatic heterocycles. The van der Waals surface area contributed by atoms with E-state index in [0.717, 1.165) is 4.90 Å². The van der Waals surface area contributed by atoms with Crippen LogP contribution in [-0.2, 0) is 0 Å². The van der Waals surface area contributed by atoms with Gasteiger partial charge < -0.3 is 4.74 Å². The molecule has 0 saturated heterocycles. The average Bonchev–Trinajstić information content (AvgIpc) is 3.05. The van der Waals surface area contributed by atoms with Gasteiger partial charge in [-0.3, -0.25) is 14.9 Å². The van der Waals surface area contributed by atoms with Gasteiger partial charge in [0.2, 0.25) is 5.78 Å². The van der Waals surface area contributed by atoms with Crippen molar-refractivity contribution in [2.75, 3.05) is 0 Å². The number of carbonyl (C=O) groups excluding carboxylic acids is 2. The zero-order chi connectivity index (χ0) is 20.4. The Morgan fingerprint density at radius 2 is 1.66 bits per heavy atom. The highest BCUT2D eigenvalue weighted by atomic mass is 32.2. The Bertz CT molecular complexity index is 1190. The quantitative estimate of drug-likeness (QED) is 0.197. The number of rotatable bonds is 4. The van der Waals surface area contributed by atoms with E-state index in [4.69, 9.17) is 4.74 Å². The molecule has 29 heavy (non-hydrogen) atoms. The van der Waals surface area contributed by atoms with E-state index in [1.807, 2.05) is 18.2 Å². The van der Waals surface area contributed by atoms with Crippen molar-refractivity contribution < 1.29 is 19.2 Å². The maximum atomic E-state index is 12.6. The minimum atomic E-state index is -0.836. The number of ether oxygens (including phenoxy) is 1. The molecular weight excluding hydrogens is 390 g/mol. The van der Waals surface area contributed by atoms with Gasteiger partial charge in [-0.1, -0.05) is 54.2 Å². The minimum absolute atomic E-state index is 0.0922. The summed E-state index contributed by atoms with van der Waals surface area (Å²) in [5.41, 5.74) is 0.699. The number of benzene rings is 3. The number of allylic oxidation sites excluding steroid dienone is 1. The smallest absolute Gasteiger partial charge is 0.350 e. The molecule has 0 saturated carbocycles. The number of carbonyl (C=O) groups is 2. The van der Waals surface area contributed by atoms with Crippen molar-refractivity contribution in [1.82, 2.24) is 0 Å². The van der Waals surface area contributed by atoms with E-state index in [9.17, 15) is 19.7 Å². The van der Waals surface area contributed by atoms with Crippen LogP contribution in [0.1, 0.15) is 26.3 Å². The summed E-state index contributed by atoms with van der Waals surface area (Å²) in [5.74, 6) is -0.713. The molecule has 4 rings (SSSR count). The zero-order valence-electron chi connectivity index (χ0n) is 14.9. The Balaban J connectivity index is 1.65. The van der Waals surface area contributed by atoms with E-state index < -0.39 is 10.9 Å². The van der Waals surface area contributed by atoms with Gasteiger partial charge in [-0.2, -0.15) is 0 Å².